The Hall–Kier alpha value is -1.33. The van der Waals surface area contributed by atoms with Crippen LogP contribution in [0.3, 0.4) is 0 Å². The van der Waals surface area contributed by atoms with Crippen LogP contribution in [0, 0.1) is 5.53 Å². The van der Waals surface area contributed by atoms with Crippen LogP contribution in [0.5, 0.6) is 0 Å². The van der Waals surface area contributed by atoms with Crippen molar-refractivity contribution in [1.82, 2.24) is 0 Å². The highest BCUT2D eigenvalue weighted by molar-refractivity contribution is 7.80. The van der Waals surface area contributed by atoms with Gasteiger partial charge in [0.2, 0.25) is 5.11 Å². The second kappa shape index (κ2) is 3.89. The number of nitrogens with zero attached hydrogens (tertiary/aromatic N) is 2. The summed E-state index contributed by atoms with van der Waals surface area (Å²) >= 11 is 4.71. The summed E-state index contributed by atoms with van der Waals surface area (Å²) in [6.45, 7) is 0. The Labute approximate surface area is 75.5 Å². The largest absolute Gasteiger partial charge is 0.252 e. The van der Waals surface area contributed by atoms with E-state index in [1.54, 1.807) is 12.1 Å². The molecule has 4 nitrogen and oxygen atoms in total. The molecule has 0 fully saturated rings. The Morgan fingerprint density at radius 2 is 2.00 bits per heavy atom. The molecule has 0 unspecified atom stereocenters. The molecule has 0 saturated heterocycles. The topological polar surface area (TPSA) is 65.5 Å². The van der Waals surface area contributed by atoms with E-state index in [1.165, 1.54) is 5.01 Å². The SMILES string of the molecule is N=NC(=S)N(N)c1ccccc1. The number of anilines is 1. The lowest BCUT2D eigenvalue weighted by Crippen LogP contribution is -2.34. The first-order valence-electron chi connectivity index (χ1n) is 3.27. The second-order valence-corrected chi connectivity index (χ2v) is 2.47. The number of rotatable bonds is 1. The van der Waals surface area contributed by atoms with E-state index in [0.717, 1.165) is 5.69 Å². The third-order valence-corrected chi connectivity index (χ3v) is 1.62. The van der Waals surface area contributed by atoms with Gasteiger partial charge in [0.15, 0.2) is 0 Å². The molecule has 1 aromatic rings. The van der Waals surface area contributed by atoms with E-state index in [0.29, 0.717) is 0 Å². The summed E-state index contributed by atoms with van der Waals surface area (Å²) < 4.78 is 0. The first kappa shape index (κ1) is 8.76. The fourth-order valence-corrected chi connectivity index (χ4v) is 0.858. The fourth-order valence-electron chi connectivity index (χ4n) is 0.753. The molecule has 5 heteroatoms. The minimum Gasteiger partial charge on any atom is -0.252 e. The van der Waals surface area contributed by atoms with Crippen molar-refractivity contribution in [2.75, 3.05) is 5.01 Å². The number of hydrogen-bond donors (Lipinski definition) is 2. The van der Waals surface area contributed by atoms with Crippen molar-refractivity contribution < 1.29 is 0 Å². The number of thiocarbonyl (C=S) groups is 1. The highest BCUT2D eigenvalue weighted by Gasteiger charge is 2.04. The van der Waals surface area contributed by atoms with E-state index in [2.05, 4.69) is 5.11 Å². The number of hydrazine groups is 1. The molecule has 0 aliphatic rings. The summed E-state index contributed by atoms with van der Waals surface area (Å²) in [5.41, 5.74) is 7.37. The quantitative estimate of drug-likeness (QED) is 0.299. The number of nitrogens with two attached hydrogens (primary N) is 1. The molecule has 0 radical (unpaired) electrons. The molecule has 1 rings (SSSR count). The molecule has 62 valence electrons. The average Bonchev–Trinajstić information content (AvgIpc) is 2.17. The minimum absolute atomic E-state index is 0.0428. The summed E-state index contributed by atoms with van der Waals surface area (Å²) in [5.74, 6) is 5.53. The van der Waals surface area contributed by atoms with Gasteiger partial charge >= 0.3 is 0 Å². The zero-order valence-electron chi connectivity index (χ0n) is 6.27. The van der Waals surface area contributed by atoms with Crippen LogP contribution in [-0.2, 0) is 0 Å². The predicted octanol–water partition coefficient (Wildman–Crippen LogP) is 1.68. The van der Waals surface area contributed by atoms with Crippen LogP contribution in [0.1, 0.15) is 0 Å². The van der Waals surface area contributed by atoms with Crippen molar-refractivity contribution in [2.45, 2.75) is 0 Å². The highest BCUT2D eigenvalue weighted by atomic mass is 32.1. The van der Waals surface area contributed by atoms with Gasteiger partial charge in [0, 0.05) is 0 Å². The second-order valence-electron chi connectivity index (χ2n) is 2.10. The smallest absolute Gasteiger partial charge is 0.234 e. The van der Waals surface area contributed by atoms with Crippen LogP contribution in [0.25, 0.3) is 0 Å². The maximum Gasteiger partial charge on any atom is 0.234 e. The van der Waals surface area contributed by atoms with Gasteiger partial charge < -0.3 is 0 Å². The lowest BCUT2D eigenvalue weighted by atomic mass is 10.3. The molecule has 0 aliphatic carbocycles. The van der Waals surface area contributed by atoms with E-state index >= 15 is 0 Å². The summed E-state index contributed by atoms with van der Waals surface area (Å²) in [6, 6.07) is 9.12. The molecule has 0 aromatic heterocycles. The molecule has 0 atom stereocenters. The highest BCUT2D eigenvalue weighted by Crippen LogP contribution is 2.09. The molecule has 3 N–H and O–H groups in total. The summed E-state index contributed by atoms with van der Waals surface area (Å²) in [5, 5.41) is 4.27. The van der Waals surface area contributed by atoms with Gasteiger partial charge in [-0.3, -0.25) is 5.01 Å². The fraction of sp³-hybridized carbons (Fsp3) is 0. The van der Waals surface area contributed by atoms with E-state index < -0.39 is 0 Å². The zero-order valence-corrected chi connectivity index (χ0v) is 7.08. The standard InChI is InChI=1S/C7H8N4S/c8-10-7(12)11(9)6-4-2-1-3-5-6/h1-5,8H,9H2. The molecule has 0 heterocycles. The maximum absolute atomic E-state index is 6.65. The van der Waals surface area contributed by atoms with Crippen molar-refractivity contribution in [1.29, 1.82) is 5.53 Å². The Morgan fingerprint density at radius 1 is 1.42 bits per heavy atom. The maximum atomic E-state index is 6.65. The molecule has 1 aromatic carbocycles. The molecule has 0 amide bonds. The van der Waals surface area contributed by atoms with Crippen molar-refractivity contribution in [2.24, 2.45) is 11.0 Å². The number of hydrogen-bond acceptors (Lipinski definition) is 3. The summed E-state index contributed by atoms with van der Waals surface area (Å²) in [4.78, 5) is 0. The van der Waals surface area contributed by atoms with Gasteiger partial charge in [-0.25, -0.2) is 11.4 Å². The minimum atomic E-state index is 0.0428. The molecule has 0 bridgehead atoms. The lowest BCUT2D eigenvalue weighted by molar-refractivity contribution is 1.08. The molecule has 12 heavy (non-hydrogen) atoms. The van der Waals surface area contributed by atoms with E-state index in [1.807, 2.05) is 18.2 Å². The van der Waals surface area contributed by atoms with Crippen molar-refractivity contribution >= 4 is 23.0 Å². The number of para-hydroxylation sites is 1. The number of benzene rings is 1. The zero-order chi connectivity index (χ0) is 8.97. The Balaban J connectivity index is 2.85. The Morgan fingerprint density at radius 3 is 2.50 bits per heavy atom. The third-order valence-electron chi connectivity index (χ3n) is 1.34. The van der Waals surface area contributed by atoms with E-state index in [-0.39, 0.29) is 5.11 Å². The van der Waals surface area contributed by atoms with Gasteiger partial charge in [-0.05, 0) is 24.4 Å². The third kappa shape index (κ3) is 1.84. The molecule has 0 spiro atoms. The first-order valence-corrected chi connectivity index (χ1v) is 3.68. The van der Waals surface area contributed by atoms with Crippen LogP contribution >= 0.6 is 12.2 Å². The van der Waals surface area contributed by atoms with Gasteiger partial charge in [-0.1, -0.05) is 18.2 Å². The van der Waals surface area contributed by atoms with E-state index in [9.17, 15) is 0 Å². The van der Waals surface area contributed by atoms with Crippen LogP contribution in [0.2, 0.25) is 0 Å². The van der Waals surface area contributed by atoms with Crippen LogP contribution in [-0.4, -0.2) is 5.11 Å². The lowest BCUT2D eigenvalue weighted by Gasteiger charge is -2.14. The predicted molar refractivity (Wildman–Crippen MR) is 50.9 cm³/mol. The van der Waals surface area contributed by atoms with Crippen molar-refractivity contribution in [3.63, 3.8) is 0 Å². The average molecular weight is 180 g/mol. The molecular formula is C7H8N4S. The van der Waals surface area contributed by atoms with E-state index in [4.69, 9.17) is 23.6 Å². The molecule has 0 saturated carbocycles. The summed E-state index contributed by atoms with van der Waals surface area (Å²) in [7, 11) is 0. The van der Waals surface area contributed by atoms with Gasteiger partial charge in [0.05, 0.1) is 5.69 Å². The Kier molecular flexibility index (Phi) is 2.84. The first-order chi connectivity index (χ1) is 5.75. The van der Waals surface area contributed by atoms with Gasteiger partial charge in [-0.2, -0.15) is 0 Å². The normalized spacial score (nSPS) is 9.08. The van der Waals surface area contributed by atoms with Gasteiger partial charge in [-0.15, -0.1) is 5.11 Å². The molecule has 0 aliphatic heterocycles. The Bertz CT molecular complexity index is 285. The van der Waals surface area contributed by atoms with Crippen molar-refractivity contribution in [3.05, 3.63) is 30.3 Å². The molecular weight excluding hydrogens is 172 g/mol. The van der Waals surface area contributed by atoms with Crippen LogP contribution in [0.4, 0.5) is 5.69 Å². The summed E-state index contributed by atoms with van der Waals surface area (Å²) in [6.07, 6.45) is 0. The number of nitrogens with one attached hydrogen (secondary N) is 1. The van der Waals surface area contributed by atoms with Crippen molar-refractivity contribution in [3.8, 4) is 0 Å². The van der Waals surface area contributed by atoms with Crippen LogP contribution < -0.4 is 10.9 Å². The monoisotopic (exact) mass is 180 g/mol. The van der Waals surface area contributed by atoms with Gasteiger partial charge in [0.1, 0.15) is 0 Å². The van der Waals surface area contributed by atoms with Gasteiger partial charge in [0.25, 0.3) is 0 Å². The van der Waals surface area contributed by atoms with Crippen LogP contribution in [0.15, 0.2) is 35.4 Å².